The van der Waals surface area contributed by atoms with E-state index in [0.717, 1.165) is 28.6 Å². The van der Waals surface area contributed by atoms with Crippen molar-refractivity contribution in [3.8, 4) is 39.8 Å². The number of halogens is 1. The van der Waals surface area contributed by atoms with Crippen molar-refractivity contribution in [1.82, 2.24) is 25.1 Å². The van der Waals surface area contributed by atoms with Crippen LogP contribution in [-0.4, -0.2) is 44.4 Å². The number of benzene rings is 1. The minimum absolute atomic E-state index is 0.0133. The predicted molar refractivity (Wildman–Crippen MR) is 123 cm³/mol. The Labute approximate surface area is 193 Å². The molecule has 5 heterocycles. The molecule has 0 aliphatic carbocycles. The van der Waals surface area contributed by atoms with Gasteiger partial charge in [-0.3, -0.25) is 4.98 Å². The second-order valence-corrected chi connectivity index (χ2v) is 8.17. The molecule has 1 N–H and O–H groups in total. The number of rotatable bonds is 5. The number of ether oxygens (including phenoxy) is 2. The van der Waals surface area contributed by atoms with Crippen LogP contribution in [0, 0.1) is 0 Å². The number of fused-ring (bicyclic) bond motifs is 1. The quantitative estimate of drug-likeness (QED) is 0.387. The molecule has 0 spiro atoms. The smallest absolute Gasteiger partial charge is 0.276 e. The molecule has 1 aromatic carbocycles. The SMILES string of the molecule is Clc1ccc(OC2CCOC2)c(-c2noc(-c3cc(-c4cnc5[nH]ccc5c4)ccn3)n2)c1. The standard InChI is InChI=1S/C24H18ClN5O3/c25-17-1-2-21(32-18-5-8-31-13-18)19(11-17)23-29-24(33-30-23)20-10-14(3-6-26-20)16-9-15-4-7-27-22(15)28-12-16/h1-4,6-7,9-12,18H,5,8,13H2,(H,27,28). The number of H-pyrrole nitrogens is 1. The van der Waals surface area contributed by atoms with Gasteiger partial charge in [-0.25, -0.2) is 4.98 Å². The molecule has 8 nitrogen and oxygen atoms in total. The Morgan fingerprint density at radius 1 is 1.06 bits per heavy atom. The van der Waals surface area contributed by atoms with E-state index in [1.54, 1.807) is 18.3 Å². The first-order valence-corrected chi connectivity index (χ1v) is 10.9. The van der Waals surface area contributed by atoms with Crippen molar-refractivity contribution in [2.45, 2.75) is 12.5 Å². The normalized spacial score (nSPS) is 15.8. The third kappa shape index (κ3) is 3.94. The third-order valence-electron chi connectivity index (χ3n) is 5.50. The second kappa shape index (κ2) is 8.31. The van der Waals surface area contributed by atoms with E-state index >= 15 is 0 Å². The summed E-state index contributed by atoms with van der Waals surface area (Å²) in [7, 11) is 0. The van der Waals surface area contributed by atoms with Gasteiger partial charge >= 0.3 is 0 Å². The van der Waals surface area contributed by atoms with Crippen molar-refractivity contribution >= 4 is 22.6 Å². The van der Waals surface area contributed by atoms with Crippen molar-refractivity contribution in [1.29, 1.82) is 0 Å². The molecule has 1 aliphatic heterocycles. The highest BCUT2D eigenvalue weighted by Crippen LogP contribution is 2.34. The molecular formula is C24H18ClN5O3. The van der Waals surface area contributed by atoms with E-state index < -0.39 is 0 Å². The third-order valence-corrected chi connectivity index (χ3v) is 5.74. The molecule has 4 aromatic heterocycles. The summed E-state index contributed by atoms with van der Waals surface area (Å²) in [6, 6.07) is 13.2. The number of pyridine rings is 2. The fraction of sp³-hybridized carbons (Fsp3) is 0.167. The summed E-state index contributed by atoms with van der Waals surface area (Å²) >= 11 is 6.24. The van der Waals surface area contributed by atoms with Crippen LogP contribution >= 0.6 is 11.6 Å². The molecule has 0 radical (unpaired) electrons. The van der Waals surface area contributed by atoms with Crippen molar-refractivity contribution < 1.29 is 14.0 Å². The Hall–Kier alpha value is -3.75. The monoisotopic (exact) mass is 459 g/mol. The van der Waals surface area contributed by atoms with Gasteiger partial charge in [-0.05, 0) is 48.0 Å². The maximum Gasteiger partial charge on any atom is 0.276 e. The minimum atomic E-state index is -0.0133. The van der Waals surface area contributed by atoms with Gasteiger partial charge in [0.15, 0.2) is 0 Å². The minimum Gasteiger partial charge on any atom is -0.487 e. The highest BCUT2D eigenvalue weighted by Gasteiger charge is 2.22. The Morgan fingerprint density at radius 3 is 2.94 bits per heavy atom. The van der Waals surface area contributed by atoms with Gasteiger partial charge in [-0.2, -0.15) is 4.98 Å². The molecule has 164 valence electrons. The fourth-order valence-corrected chi connectivity index (χ4v) is 4.00. The molecule has 5 aromatic rings. The van der Waals surface area contributed by atoms with Crippen LogP contribution in [-0.2, 0) is 4.74 Å². The summed E-state index contributed by atoms with van der Waals surface area (Å²) in [6.07, 6.45) is 6.22. The molecule has 0 amide bonds. The lowest BCUT2D eigenvalue weighted by atomic mass is 10.1. The average Bonchev–Trinajstić information content (AvgIpc) is 3.61. The zero-order valence-corrected chi connectivity index (χ0v) is 18.1. The summed E-state index contributed by atoms with van der Waals surface area (Å²) in [5, 5.41) is 5.75. The summed E-state index contributed by atoms with van der Waals surface area (Å²) < 4.78 is 17.1. The van der Waals surface area contributed by atoms with Crippen LogP contribution < -0.4 is 4.74 Å². The molecule has 0 saturated carbocycles. The van der Waals surface area contributed by atoms with Crippen molar-refractivity contribution in [3.05, 3.63) is 66.1 Å². The number of aromatic amines is 1. The lowest BCUT2D eigenvalue weighted by molar-refractivity contribution is 0.141. The maximum atomic E-state index is 6.24. The Morgan fingerprint density at radius 2 is 2.03 bits per heavy atom. The summed E-state index contributed by atoms with van der Waals surface area (Å²) in [4.78, 5) is 16.6. The van der Waals surface area contributed by atoms with Gasteiger partial charge in [0.05, 0.1) is 18.8 Å². The van der Waals surface area contributed by atoms with E-state index in [-0.39, 0.29) is 6.10 Å². The summed E-state index contributed by atoms with van der Waals surface area (Å²) in [5.74, 6) is 1.32. The van der Waals surface area contributed by atoms with Gasteiger partial charge in [-0.1, -0.05) is 16.8 Å². The number of nitrogens with one attached hydrogen (secondary N) is 1. The first kappa shape index (κ1) is 19.9. The van der Waals surface area contributed by atoms with Crippen LogP contribution in [0.4, 0.5) is 0 Å². The van der Waals surface area contributed by atoms with E-state index in [1.807, 2.05) is 36.7 Å². The van der Waals surface area contributed by atoms with Crippen LogP contribution in [0.2, 0.25) is 5.02 Å². The number of hydrogen-bond donors (Lipinski definition) is 1. The molecule has 1 unspecified atom stereocenters. The lowest BCUT2D eigenvalue weighted by Crippen LogP contribution is -2.16. The molecule has 1 fully saturated rings. The molecule has 33 heavy (non-hydrogen) atoms. The lowest BCUT2D eigenvalue weighted by Gasteiger charge is -2.14. The summed E-state index contributed by atoms with van der Waals surface area (Å²) in [6.45, 7) is 1.24. The second-order valence-electron chi connectivity index (χ2n) is 7.74. The highest BCUT2D eigenvalue weighted by molar-refractivity contribution is 6.30. The molecule has 0 bridgehead atoms. The molecule has 1 aliphatic rings. The molecule has 9 heteroatoms. The number of nitrogens with zero attached hydrogens (tertiary/aromatic N) is 4. The number of hydrogen-bond acceptors (Lipinski definition) is 7. The topological polar surface area (TPSA) is 99.0 Å². The molecule has 1 saturated heterocycles. The Bertz CT molecular complexity index is 1440. The van der Waals surface area contributed by atoms with Gasteiger partial charge in [0.1, 0.15) is 23.2 Å². The first-order valence-electron chi connectivity index (χ1n) is 10.5. The molecule has 6 rings (SSSR count). The molecule has 1 atom stereocenters. The van der Waals surface area contributed by atoms with Crippen LogP contribution in [0.25, 0.3) is 45.1 Å². The van der Waals surface area contributed by atoms with E-state index in [9.17, 15) is 0 Å². The maximum absolute atomic E-state index is 6.24. The Balaban J connectivity index is 1.33. The van der Waals surface area contributed by atoms with Crippen molar-refractivity contribution in [2.75, 3.05) is 13.2 Å². The van der Waals surface area contributed by atoms with Gasteiger partial charge in [0, 0.05) is 41.0 Å². The zero-order chi connectivity index (χ0) is 22.2. The fourth-order valence-electron chi connectivity index (χ4n) is 3.83. The van der Waals surface area contributed by atoms with E-state index in [2.05, 4.69) is 31.2 Å². The average molecular weight is 460 g/mol. The van der Waals surface area contributed by atoms with Gasteiger partial charge in [0.2, 0.25) is 5.82 Å². The van der Waals surface area contributed by atoms with E-state index in [4.69, 9.17) is 25.6 Å². The Kier molecular flexibility index (Phi) is 5.01. The van der Waals surface area contributed by atoms with Crippen molar-refractivity contribution in [2.24, 2.45) is 0 Å². The highest BCUT2D eigenvalue weighted by atomic mass is 35.5. The first-order chi connectivity index (χ1) is 16.2. The van der Waals surface area contributed by atoms with E-state index in [1.165, 1.54) is 0 Å². The van der Waals surface area contributed by atoms with Gasteiger partial charge in [0.25, 0.3) is 5.89 Å². The summed E-state index contributed by atoms with van der Waals surface area (Å²) in [5.41, 5.74) is 3.98. The van der Waals surface area contributed by atoms with Gasteiger partial charge in [-0.15, -0.1) is 0 Å². The molecular weight excluding hydrogens is 442 g/mol. The van der Waals surface area contributed by atoms with Crippen LogP contribution in [0.3, 0.4) is 0 Å². The van der Waals surface area contributed by atoms with E-state index in [0.29, 0.717) is 47.0 Å². The largest absolute Gasteiger partial charge is 0.487 e. The predicted octanol–water partition coefficient (Wildman–Crippen LogP) is 5.16. The van der Waals surface area contributed by atoms with Crippen molar-refractivity contribution in [3.63, 3.8) is 0 Å². The number of aromatic nitrogens is 5. The van der Waals surface area contributed by atoms with Gasteiger partial charge < -0.3 is 19.0 Å². The van der Waals surface area contributed by atoms with Crippen LogP contribution in [0.1, 0.15) is 6.42 Å². The zero-order valence-electron chi connectivity index (χ0n) is 17.4. The van der Waals surface area contributed by atoms with Crippen LogP contribution in [0.5, 0.6) is 5.75 Å². The van der Waals surface area contributed by atoms with Crippen LogP contribution in [0.15, 0.2) is 65.6 Å².